The summed E-state index contributed by atoms with van der Waals surface area (Å²) in [5.74, 6) is -1.60. The number of hydrogen-bond donors (Lipinski definition) is 2. The standard InChI is InChI=1S/C11H16N2O6S/c1-8(11(15)16)13(5-4-12-9(2)14)20(17,18)10-3-6-19-7-10/h3,6-8H,4-5H2,1-2H3,(H,12,14)(H,15,16). The van der Waals surface area contributed by atoms with Crippen LogP contribution in [0.1, 0.15) is 13.8 Å². The van der Waals surface area contributed by atoms with E-state index < -0.39 is 22.0 Å². The first kappa shape index (κ1) is 16.2. The molecule has 1 aromatic rings. The lowest BCUT2D eigenvalue weighted by Gasteiger charge is -2.25. The number of hydrogen-bond acceptors (Lipinski definition) is 5. The Morgan fingerprint density at radius 2 is 2.15 bits per heavy atom. The third-order valence-electron chi connectivity index (χ3n) is 2.60. The van der Waals surface area contributed by atoms with Gasteiger partial charge in [-0.3, -0.25) is 9.59 Å². The minimum Gasteiger partial charge on any atom is -0.480 e. The van der Waals surface area contributed by atoms with Crippen LogP contribution in [-0.2, 0) is 19.6 Å². The zero-order chi connectivity index (χ0) is 15.3. The molecule has 0 spiro atoms. The number of carbonyl (C=O) groups is 2. The van der Waals surface area contributed by atoms with Crippen molar-refractivity contribution in [1.29, 1.82) is 0 Å². The van der Waals surface area contributed by atoms with E-state index in [1.54, 1.807) is 0 Å². The second-order valence-corrected chi connectivity index (χ2v) is 5.96. The largest absolute Gasteiger partial charge is 0.480 e. The van der Waals surface area contributed by atoms with Crippen molar-refractivity contribution in [3.63, 3.8) is 0 Å². The molecule has 0 radical (unpaired) electrons. The van der Waals surface area contributed by atoms with Crippen LogP contribution in [0.25, 0.3) is 0 Å². The molecule has 0 aliphatic carbocycles. The highest BCUT2D eigenvalue weighted by Crippen LogP contribution is 2.18. The molecule has 112 valence electrons. The molecule has 1 unspecified atom stereocenters. The lowest BCUT2D eigenvalue weighted by atomic mass is 10.3. The van der Waals surface area contributed by atoms with Crippen LogP contribution in [0.3, 0.4) is 0 Å². The second kappa shape index (κ2) is 6.53. The zero-order valence-corrected chi connectivity index (χ0v) is 11.9. The fraction of sp³-hybridized carbons (Fsp3) is 0.455. The van der Waals surface area contributed by atoms with Crippen LogP contribution in [0.2, 0.25) is 0 Å². The number of rotatable bonds is 7. The van der Waals surface area contributed by atoms with Crippen LogP contribution in [0.5, 0.6) is 0 Å². The Kier molecular flexibility index (Phi) is 5.28. The first-order valence-corrected chi connectivity index (χ1v) is 7.22. The summed E-state index contributed by atoms with van der Waals surface area (Å²) in [5.41, 5.74) is 0. The van der Waals surface area contributed by atoms with Gasteiger partial charge in [-0.05, 0) is 13.0 Å². The lowest BCUT2D eigenvalue weighted by Crippen LogP contribution is -2.46. The van der Waals surface area contributed by atoms with Crippen LogP contribution in [0.15, 0.2) is 27.9 Å². The van der Waals surface area contributed by atoms with E-state index in [4.69, 9.17) is 9.52 Å². The molecule has 9 heteroatoms. The van der Waals surface area contributed by atoms with Gasteiger partial charge in [0.2, 0.25) is 15.9 Å². The summed E-state index contributed by atoms with van der Waals surface area (Å²) in [7, 11) is -3.99. The number of nitrogens with one attached hydrogen (secondary N) is 1. The Balaban J connectivity index is 2.98. The molecule has 20 heavy (non-hydrogen) atoms. The summed E-state index contributed by atoms with van der Waals surface area (Å²) in [6.07, 6.45) is 2.21. The number of aliphatic carboxylic acids is 1. The van der Waals surface area contributed by atoms with E-state index >= 15 is 0 Å². The molecule has 8 nitrogen and oxygen atoms in total. The molecule has 1 amide bonds. The second-order valence-electron chi connectivity index (χ2n) is 4.07. The Morgan fingerprint density at radius 3 is 2.60 bits per heavy atom. The highest BCUT2D eigenvalue weighted by Gasteiger charge is 2.33. The maximum atomic E-state index is 12.3. The van der Waals surface area contributed by atoms with E-state index in [9.17, 15) is 18.0 Å². The molecule has 0 saturated heterocycles. The molecule has 1 atom stereocenters. The number of carboxylic acids is 1. The van der Waals surface area contributed by atoms with Crippen molar-refractivity contribution in [3.05, 3.63) is 18.6 Å². The van der Waals surface area contributed by atoms with Crippen molar-refractivity contribution in [1.82, 2.24) is 9.62 Å². The van der Waals surface area contributed by atoms with E-state index in [-0.39, 0.29) is 23.9 Å². The minimum absolute atomic E-state index is 0.0179. The van der Waals surface area contributed by atoms with Gasteiger partial charge in [-0.2, -0.15) is 4.31 Å². The van der Waals surface area contributed by atoms with Crippen molar-refractivity contribution in [2.75, 3.05) is 13.1 Å². The minimum atomic E-state index is -3.99. The van der Waals surface area contributed by atoms with E-state index in [0.29, 0.717) is 0 Å². The normalized spacial score (nSPS) is 13.2. The maximum Gasteiger partial charge on any atom is 0.321 e. The number of sulfonamides is 1. The molecular weight excluding hydrogens is 288 g/mol. The van der Waals surface area contributed by atoms with E-state index in [1.165, 1.54) is 26.2 Å². The Morgan fingerprint density at radius 1 is 1.50 bits per heavy atom. The first-order chi connectivity index (χ1) is 9.26. The highest BCUT2D eigenvalue weighted by atomic mass is 32.2. The van der Waals surface area contributed by atoms with Gasteiger partial charge in [-0.25, -0.2) is 8.42 Å². The SMILES string of the molecule is CC(=O)NCCN(C(C)C(=O)O)S(=O)(=O)c1ccoc1. The predicted molar refractivity (Wildman–Crippen MR) is 68.4 cm³/mol. The Hall–Kier alpha value is -1.87. The van der Waals surface area contributed by atoms with E-state index in [1.807, 2.05) is 0 Å². The maximum absolute atomic E-state index is 12.3. The quantitative estimate of drug-likeness (QED) is 0.725. The van der Waals surface area contributed by atoms with Gasteiger partial charge in [0, 0.05) is 20.0 Å². The molecular formula is C11H16N2O6S. The van der Waals surface area contributed by atoms with Gasteiger partial charge >= 0.3 is 5.97 Å². The van der Waals surface area contributed by atoms with Crippen molar-refractivity contribution >= 4 is 21.9 Å². The van der Waals surface area contributed by atoms with Crippen LogP contribution >= 0.6 is 0 Å². The molecule has 0 fully saturated rings. The van der Waals surface area contributed by atoms with Crippen molar-refractivity contribution < 1.29 is 27.5 Å². The number of carboxylic acid groups (broad SMARTS) is 1. The fourth-order valence-electron chi connectivity index (χ4n) is 1.52. The third-order valence-corrected chi connectivity index (χ3v) is 4.54. The van der Waals surface area contributed by atoms with Crippen LogP contribution in [-0.4, -0.2) is 48.8 Å². The van der Waals surface area contributed by atoms with Gasteiger partial charge in [0.25, 0.3) is 0 Å². The van der Waals surface area contributed by atoms with Crippen molar-refractivity contribution in [3.8, 4) is 0 Å². The smallest absolute Gasteiger partial charge is 0.321 e. The van der Waals surface area contributed by atoms with E-state index in [0.717, 1.165) is 10.6 Å². The van der Waals surface area contributed by atoms with Crippen LogP contribution in [0.4, 0.5) is 0 Å². The number of furan rings is 1. The van der Waals surface area contributed by atoms with Gasteiger partial charge < -0.3 is 14.8 Å². The average molecular weight is 304 g/mol. The Labute approximate surface area is 116 Å². The predicted octanol–water partition coefficient (Wildman–Crippen LogP) is -0.120. The van der Waals surface area contributed by atoms with Gasteiger partial charge in [0.1, 0.15) is 17.2 Å². The molecule has 1 aromatic heterocycles. The van der Waals surface area contributed by atoms with Crippen LogP contribution in [0, 0.1) is 0 Å². The summed E-state index contributed by atoms with van der Waals surface area (Å²) >= 11 is 0. The monoisotopic (exact) mass is 304 g/mol. The molecule has 0 saturated carbocycles. The molecule has 0 aromatic carbocycles. The highest BCUT2D eigenvalue weighted by molar-refractivity contribution is 7.89. The van der Waals surface area contributed by atoms with Crippen molar-refractivity contribution in [2.45, 2.75) is 24.8 Å². The summed E-state index contributed by atoms with van der Waals surface area (Å²) in [6, 6.07) is -0.0290. The van der Waals surface area contributed by atoms with E-state index in [2.05, 4.69) is 5.32 Å². The van der Waals surface area contributed by atoms with Crippen molar-refractivity contribution in [2.24, 2.45) is 0 Å². The average Bonchev–Trinajstić information content (AvgIpc) is 2.87. The van der Waals surface area contributed by atoms with Crippen LogP contribution < -0.4 is 5.32 Å². The van der Waals surface area contributed by atoms with Gasteiger partial charge in [0.05, 0.1) is 6.26 Å². The third kappa shape index (κ3) is 3.81. The summed E-state index contributed by atoms with van der Waals surface area (Å²) in [5, 5.41) is 11.4. The fourth-order valence-corrected chi connectivity index (χ4v) is 3.04. The lowest BCUT2D eigenvalue weighted by molar-refractivity contribution is -0.140. The van der Waals surface area contributed by atoms with Gasteiger partial charge in [0.15, 0.2) is 0 Å². The van der Waals surface area contributed by atoms with Gasteiger partial charge in [-0.1, -0.05) is 0 Å². The molecule has 0 aliphatic rings. The molecule has 1 rings (SSSR count). The first-order valence-electron chi connectivity index (χ1n) is 5.78. The number of amides is 1. The summed E-state index contributed by atoms with van der Waals surface area (Å²) in [6.45, 7) is 2.41. The molecule has 2 N–H and O–H groups in total. The molecule has 1 heterocycles. The molecule has 0 aliphatic heterocycles. The molecule has 0 bridgehead atoms. The topological polar surface area (TPSA) is 117 Å². The zero-order valence-electron chi connectivity index (χ0n) is 11.1. The Bertz CT molecular complexity index is 566. The summed E-state index contributed by atoms with van der Waals surface area (Å²) < 4.78 is 30.1. The van der Waals surface area contributed by atoms with Gasteiger partial charge in [-0.15, -0.1) is 0 Å². The number of nitrogens with zero attached hydrogens (tertiary/aromatic N) is 1. The summed E-state index contributed by atoms with van der Waals surface area (Å²) in [4.78, 5) is 21.7. The number of carbonyl (C=O) groups excluding carboxylic acids is 1.